The summed E-state index contributed by atoms with van der Waals surface area (Å²) in [6.45, 7) is 12.7. The van der Waals surface area contributed by atoms with E-state index in [0.717, 1.165) is 34.0 Å². The SMILES string of the molecule is Cc1cc(C)c(Nc2cccc(Oc3c(C)cc(C)cc3C)c2)c(C)c1. The smallest absolute Gasteiger partial charge is 0.133 e. The van der Waals surface area contributed by atoms with Crippen LogP contribution in [0.4, 0.5) is 11.4 Å². The van der Waals surface area contributed by atoms with Gasteiger partial charge in [0.25, 0.3) is 0 Å². The molecule has 0 aromatic heterocycles. The Morgan fingerprint density at radius 1 is 0.654 bits per heavy atom. The molecule has 0 saturated heterocycles. The lowest BCUT2D eigenvalue weighted by Crippen LogP contribution is -1.98. The van der Waals surface area contributed by atoms with Crippen molar-refractivity contribution < 1.29 is 4.74 Å². The van der Waals surface area contributed by atoms with Crippen molar-refractivity contribution >= 4 is 11.4 Å². The zero-order valence-electron chi connectivity index (χ0n) is 16.5. The van der Waals surface area contributed by atoms with Gasteiger partial charge in [0, 0.05) is 17.4 Å². The second-order valence-corrected chi connectivity index (χ2v) is 7.26. The lowest BCUT2D eigenvalue weighted by atomic mass is 10.0. The largest absolute Gasteiger partial charge is 0.457 e. The molecule has 0 spiro atoms. The van der Waals surface area contributed by atoms with Gasteiger partial charge in [-0.05, 0) is 75.9 Å². The van der Waals surface area contributed by atoms with Gasteiger partial charge in [-0.25, -0.2) is 0 Å². The Morgan fingerprint density at radius 3 is 1.77 bits per heavy atom. The number of aryl methyl sites for hydroxylation is 6. The maximum absolute atomic E-state index is 6.21. The number of benzene rings is 3. The molecule has 0 aliphatic rings. The van der Waals surface area contributed by atoms with E-state index in [1.54, 1.807) is 0 Å². The molecule has 3 aromatic rings. The van der Waals surface area contributed by atoms with Crippen molar-refractivity contribution in [1.29, 1.82) is 0 Å². The average molecular weight is 345 g/mol. The van der Waals surface area contributed by atoms with Gasteiger partial charge in [-0.15, -0.1) is 0 Å². The summed E-state index contributed by atoms with van der Waals surface area (Å²) in [5, 5.41) is 3.55. The van der Waals surface area contributed by atoms with Crippen LogP contribution in [0.1, 0.15) is 33.4 Å². The highest BCUT2D eigenvalue weighted by atomic mass is 16.5. The molecule has 0 aliphatic carbocycles. The van der Waals surface area contributed by atoms with E-state index in [1.165, 1.54) is 22.3 Å². The highest BCUT2D eigenvalue weighted by Crippen LogP contribution is 2.32. The third kappa shape index (κ3) is 3.91. The normalized spacial score (nSPS) is 10.7. The fourth-order valence-corrected chi connectivity index (χ4v) is 3.60. The van der Waals surface area contributed by atoms with Crippen LogP contribution >= 0.6 is 0 Å². The lowest BCUT2D eigenvalue weighted by Gasteiger charge is -2.16. The van der Waals surface area contributed by atoms with E-state index in [1.807, 2.05) is 12.1 Å². The van der Waals surface area contributed by atoms with E-state index >= 15 is 0 Å². The first-order chi connectivity index (χ1) is 12.3. The van der Waals surface area contributed by atoms with Crippen LogP contribution in [-0.4, -0.2) is 0 Å². The molecule has 0 unspecified atom stereocenters. The van der Waals surface area contributed by atoms with Crippen molar-refractivity contribution in [3.63, 3.8) is 0 Å². The van der Waals surface area contributed by atoms with Crippen LogP contribution in [0.3, 0.4) is 0 Å². The van der Waals surface area contributed by atoms with E-state index in [2.05, 4.69) is 83.3 Å². The van der Waals surface area contributed by atoms with Crippen LogP contribution in [0.2, 0.25) is 0 Å². The number of nitrogens with one attached hydrogen (secondary N) is 1. The second kappa shape index (κ2) is 7.25. The van der Waals surface area contributed by atoms with Gasteiger partial charge >= 0.3 is 0 Å². The minimum atomic E-state index is 0.840. The first kappa shape index (κ1) is 18.1. The minimum Gasteiger partial charge on any atom is -0.457 e. The molecule has 2 heteroatoms. The number of ether oxygens (including phenoxy) is 1. The van der Waals surface area contributed by atoms with Crippen LogP contribution in [0, 0.1) is 41.5 Å². The van der Waals surface area contributed by atoms with Crippen molar-refractivity contribution in [1.82, 2.24) is 0 Å². The Morgan fingerprint density at radius 2 is 1.19 bits per heavy atom. The summed E-state index contributed by atoms with van der Waals surface area (Å²) in [5.74, 6) is 1.78. The molecule has 0 bridgehead atoms. The van der Waals surface area contributed by atoms with Crippen LogP contribution in [-0.2, 0) is 0 Å². The quantitative estimate of drug-likeness (QED) is 0.546. The highest BCUT2D eigenvalue weighted by molar-refractivity contribution is 5.68. The van der Waals surface area contributed by atoms with Crippen LogP contribution in [0.25, 0.3) is 0 Å². The maximum Gasteiger partial charge on any atom is 0.133 e. The Hall–Kier alpha value is -2.74. The molecule has 0 amide bonds. The van der Waals surface area contributed by atoms with Crippen LogP contribution in [0.15, 0.2) is 48.5 Å². The van der Waals surface area contributed by atoms with Crippen molar-refractivity contribution in [2.75, 3.05) is 5.32 Å². The molecule has 134 valence electrons. The predicted molar refractivity (Wildman–Crippen MR) is 111 cm³/mol. The molecule has 0 fully saturated rings. The van der Waals surface area contributed by atoms with Gasteiger partial charge in [0.2, 0.25) is 0 Å². The summed E-state index contributed by atoms with van der Waals surface area (Å²) >= 11 is 0. The fourth-order valence-electron chi connectivity index (χ4n) is 3.60. The van der Waals surface area contributed by atoms with Crippen molar-refractivity contribution in [3.05, 3.63) is 81.9 Å². The molecule has 2 nitrogen and oxygen atoms in total. The molecule has 0 saturated carbocycles. The maximum atomic E-state index is 6.21. The Bertz CT molecular complexity index is 835. The Balaban J connectivity index is 1.88. The summed E-state index contributed by atoms with van der Waals surface area (Å²) in [6.07, 6.45) is 0. The molecule has 26 heavy (non-hydrogen) atoms. The lowest BCUT2D eigenvalue weighted by molar-refractivity contribution is 0.475. The molecule has 0 aliphatic heterocycles. The first-order valence-corrected chi connectivity index (χ1v) is 9.04. The third-order valence-electron chi connectivity index (χ3n) is 4.60. The molecule has 3 rings (SSSR count). The van der Waals surface area contributed by atoms with Gasteiger partial charge in [-0.2, -0.15) is 0 Å². The van der Waals surface area contributed by atoms with Crippen LogP contribution in [0.5, 0.6) is 11.5 Å². The van der Waals surface area contributed by atoms with E-state index in [0.29, 0.717) is 0 Å². The number of anilines is 2. The van der Waals surface area contributed by atoms with E-state index in [4.69, 9.17) is 4.74 Å². The highest BCUT2D eigenvalue weighted by Gasteiger charge is 2.08. The van der Waals surface area contributed by atoms with Gasteiger partial charge < -0.3 is 10.1 Å². The van der Waals surface area contributed by atoms with E-state index in [9.17, 15) is 0 Å². The van der Waals surface area contributed by atoms with E-state index in [-0.39, 0.29) is 0 Å². The molecular weight excluding hydrogens is 318 g/mol. The molecule has 0 radical (unpaired) electrons. The summed E-state index contributed by atoms with van der Waals surface area (Å²) in [6, 6.07) is 16.9. The topological polar surface area (TPSA) is 21.3 Å². The summed E-state index contributed by atoms with van der Waals surface area (Å²) in [4.78, 5) is 0. The zero-order valence-corrected chi connectivity index (χ0v) is 16.5. The van der Waals surface area contributed by atoms with Crippen LogP contribution < -0.4 is 10.1 Å². The summed E-state index contributed by atoms with van der Waals surface area (Å²) in [5.41, 5.74) is 9.55. The fraction of sp³-hybridized carbons (Fsp3) is 0.250. The molecule has 0 atom stereocenters. The standard InChI is InChI=1S/C24H27NO/c1-15-10-17(3)23(18(4)11-15)25-21-8-7-9-22(14-21)26-24-19(5)12-16(2)13-20(24)6/h7-14,25H,1-6H3. The first-order valence-electron chi connectivity index (χ1n) is 9.04. The third-order valence-corrected chi connectivity index (χ3v) is 4.60. The summed E-state index contributed by atoms with van der Waals surface area (Å²) < 4.78 is 6.21. The molecule has 1 N–H and O–H groups in total. The predicted octanol–water partition coefficient (Wildman–Crippen LogP) is 7.07. The zero-order chi connectivity index (χ0) is 18.8. The minimum absolute atomic E-state index is 0.840. The molecule has 0 heterocycles. The Kier molecular flexibility index (Phi) is 5.03. The van der Waals surface area contributed by atoms with Gasteiger partial charge in [-0.3, -0.25) is 0 Å². The summed E-state index contributed by atoms with van der Waals surface area (Å²) in [7, 11) is 0. The Labute approximate surface area is 156 Å². The van der Waals surface area contributed by atoms with Gasteiger partial charge in [0.1, 0.15) is 11.5 Å². The van der Waals surface area contributed by atoms with E-state index < -0.39 is 0 Å². The molecular formula is C24H27NO. The van der Waals surface area contributed by atoms with Crippen molar-refractivity contribution in [3.8, 4) is 11.5 Å². The average Bonchev–Trinajstić information content (AvgIpc) is 2.55. The van der Waals surface area contributed by atoms with Gasteiger partial charge in [-0.1, -0.05) is 41.5 Å². The number of hydrogen-bond donors (Lipinski definition) is 1. The number of hydrogen-bond acceptors (Lipinski definition) is 2. The monoisotopic (exact) mass is 345 g/mol. The van der Waals surface area contributed by atoms with Gasteiger partial charge in [0.05, 0.1) is 0 Å². The van der Waals surface area contributed by atoms with Gasteiger partial charge in [0.15, 0.2) is 0 Å². The number of rotatable bonds is 4. The van der Waals surface area contributed by atoms with Crippen molar-refractivity contribution in [2.45, 2.75) is 41.5 Å². The van der Waals surface area contributed by atoms with Crippen molar-refractivity contribution in [2.24, 2.45) is 0 Å². The second-order valence-electron chi connectivity index (χ2n) is 7.26. The molecule has 3 aromatic carbocycles.